The first kappa shape index (κ1) is 22.0. The van der Waals surface area contributed by atoms with Gasteiger partial charge in [0.1, 0.15) is 5.69 Å². The van der Waals surface area contributed by atoms with E-state index in [-0.39, 0.29) is 5.91 Å². The van der Waals surface area contributed by atoms with Crippen molar-refractivity contribution in [2.45, 2.75) is 13.8 Å². The first-order valence-corrected chi connectivity index (χ1v) is 11.3. The van der Waals surface area contributed by atoms with Gasteiger partial charge in [-0.15, -0.1) is 0 Å². The van der Waals surface area contributed by atoms with Gasteiger partial charge >= 0.3 is 0 Å². The Morgan fingerprint density at radius 2 is 1.51 bits per heavy atom. The van der Waals surface area contributed by atoms with Gasteiger partial charge in [-0.1, -0.05) is 72.8 Å². The quantitative estimate of drug-likeness (QED) is 0.266. The summed E-state index contributed by atoms with van der Waals surface area (Å²) in [5.41, 5.74) is 10.4. The highest BCUT2D eigenvalue weighted by molar-refractivity contribution is 5.94. The van der Waals surface area contributed by atoms with Crippen LogP contribution in [0.25, 0.3) is 28.1 Å². The van der Waals surface area contributed by atoms with Gasteiger partial charge in [0, 0.05) is 11.1 Å². The number of nitrogens with zero attached hydrogens (tertiary/aromatic N) is 4. The highest BCUT2D eigenvalue weighted by atomic mass is 16.2. The van der Waals surface area contributed by atoms with Crippen molar-refractivity contribution in [3.63, 3.8) is 0 Å². The zero-order valence-electron chi connectivity index (χ0n) is 19.4. The van der Waals surface area contributed by atoms with Crippen LogP contribution >= 0.6 is 0 Å². The van der Waals surface area contributed by atoms with E-state index in [2.05, 4.69) is 38.0 Å². The summed E-state index contributed by atoms with van der Waals surface area (Å²) < 4.78 is 1.86. The number of carbonyl (C=O) groups excluding carboxylic acids is 1. The normalized spacial score (nSPS) is 11.1. The number of para-hydroxylation sites is 1. The molecule has 0 bridgehead atoms. The minimum absolute atomic E-state index is 0.331. The molecule has 7 heteroatoms. The number of aryl methyl sites for hydroxylation is 1. The van der Waals surface area contributed by atoms with Gasteiger partial charge in [0.15, 0.2) is 0 Å². The summed E-state index contributed by atoms with van der Waals surface area (Å²) in [4.78, 5) is 12.6. The molecule has 0 saturated carbocycles. The van der Waals surface area contributed by atoms with Crippen molar-refractivity contribution in [1.82, 2.24) is 25.4 Å². The predicted octanol–water partition coefficient (Wildman–Crippen LogP) is 5.31. The van der Waals surface area contributed by atoms with Gasteiger partial charge in [-0.3, -0.25) is 9.89 Å². The van der Waals surface area contributed by atoms with Gasteiger partial charge in [0.05, 0.1) is 29.0 Å². The Morgan fingerprint density at radius 3 is 2.23 bits per heavy atom. The first-order chi connectivity index (χ1) is 17.1. The van der Waals surface area contributed by atoms with Crippen molar-refractivity contribution in [3.8, 4) is 28.1 Å². The Morgan fingerprint density at radius 1 is 0.886 bits per heavy atom. The van der Waals surface area contributed by atoms with Crippen LogP contribution in [0.2, 0.25) is 0 Å². The fraction of sp³-hybridized carbons (Fsp3) is 0.0714. The maximum absolute atomic E-state index is 12.6. The Balaban J connectivity index is 1.27. The third-order valence-electron chi connectivity index (χ3n) is 5.82. The Hall–Kier alpha value is -4.78. The molecule has 0 spiro atoms. The smallest absolute Gasteiger partial charge is 0.272 e. The summed E-state index contributed by atoms with van der Waals surface area (Å²) >= 11 is 0. The van der Waals surface area contributed by atoms with Crippen molar-refractivity contribution in [1.29, 1.82) is 0 Å². The molecule has 0 saturated heterocycles. The van der Waals surface area contributed by atoms with Crippen molar-refractivity contribution in [3.05, 3.63) is 114 Å². The first-order valence-electron chi connectivity index (χ1n) is 11.3. The minimum Gasteiger partial charge on any atom is -0.272 e. The zero-order valence-corrected chi connectivity index (χ0v) is 19.4. The van der Waals surface area contributed by atoms with Crippen molar-refractivity contribution < 1.29 is 4.79 Å². The van der Waals surface area contributed by atoms with Crippen LogP contribution in [0, 0.1) is 13.8 Å². The monoisotopic (exact) mass is 460 g/mol. The van der Waals surface area contributed by atoms with E-state index in [0.29, 0.717) is 11.4 Å². The number of amides is 1. The van der Waals surface area contributed by atoms with Gasteiger partial charge in [-0.2, -0.15) is 15.3 Å². The lowest BCUT2D eigenvalue weighted by atomic mass is 10.0. The van der Waals surface area contributed by atoms with Crippen LogP contribution in [0.15, 0.2) is 96.1 Å². The minimum atomic E-state index is -0.369. The SMILES string of the molecule is Cc1nn(-c2ccccc2)c(C)c1C=NNC(=O)c1cc(-c2ccc(-c3ccccc3)cc2)n[nH]1. The molecule has 7 nitrogen and oxygen atoms in total. The molecule has 0 atom stereocenters. The zero-order chi connectivity index (χ0) is 24.2. The van der Waals surface area contributed by atoms with Gasteiger partial charge in [0.25, 0.3) is 5.91 Å². The molecule has 2 heterocycles. The summed E-state index contributed by atoms with van der Waals surface area (Å²) in [5.74, 6) is -0.369. The van der Waals surface area contributed by atoms with Crippen LogP contribution in [-0.4, -0.2) is 32.1 Å². The van der Waals surface area contributed by atoms with Gasteiger partial charge < -0.3 is 0 Å². The lowest BCUT2D eigenvalue weighted by molar-refractivity contribution is 0.0950. The Labute approximate surface area is 203 Å². The number of aromatic amines is 1. The van der Waals surface area contributed by atoms with Crippen LogP contribution in [0.5, 0.6) is 0 Å². The number of hydrazone groups is 1. The second-order valence-corrected chi connectivity index (χ2v) is 8.14. The summed E-state index contributed by atoms with van der Waals surface area (Å²) in [5, 5.41) is 15.8. The molecule has 0 unspecified atom stereocenters. The average Bonchev–Trinajstić information content (AvgIpc) is 3.51. The maximum Gasteiger partial charge on any atom is 0.289 e. The fourth-order valence-corrected chi connectivity index (χ4v) is 3.93. The van der Waals surface area contributed by atoms with E-state index in [1.807, 2.05) is 91.3 Å². The molecule has 0 radical (unpaired) electrons. The summed E-state index contributed by atoms with van der Waals surface area (Å²) in [6.45, 7) is 3.89. The maximum atomic E-state index is 12.6. The van der Waals surface area contributed by atoms with Gasteiger partial charge in [0.2, 0.25) is 0 Å². The largest absolute Gasteiger partial charge is 0.289 e. The number of H-pyrrole nitrogens is 1. The average molecular weight is 461 g/mol. The van der Waals surface area contributed by atoms with Gasteiger partial charge in [-0.25, -0.2) is 10.1 Å². The summed E-state index contributed by atoms with van der Waals surface area (Å²) in [6, 6.07) is 29.9. The summed E-state index contributed by atoms with van der Waals surface area (Å²) in [7, 11) is 0. The number of nitrogens with one attached hydrogen (secondary N) is 2. The fourth-order valence-electron chi connectivity index (χ4n) is 3.93. The van der Waals surface area contributed by atoms with Crippen molar-refractivity contribution in [2.75, 3.05) is 0 Å². The van der Waals surface area contributed by atoms with Crippen LogP contribution < -0.4 is 5.43 Å². The van der Waals surface area contributed by atoms with Crippen LogP contribution in [0.1, 0.15) is 27.4 Å². The Bertz CT molecular complexity index is 1480. The van der Waals surface area contributed by atoms with E-state index in [0.717, 1.165) is 39.3 Å². The molecule has 1 amide bonds. The molecule has 5 rings (SSSR count). The third kappa shape index (κ3) is 4.65. The van der Waals surface area contributed by atoms with E-state index in [9.17, 15) is 4.79 Å². The van der Waals surface area contributed by atoms with Gasteiger partial charge in [-0.05, 0) is 43.2 Å². The highest BCUT2D eigenvalue weighted by Gasteiger charge is 2.13. The number of rotatable bonds is 6. The molecular weight excluding hydrogens is 436 g/mol. The number of aromatic nitrogens is 4. The molecule has 0 aliphatic heterocycles. The lowest BCUT2D eigenvalue weighted by Crippen LogP contribution is -2.18. The van der Waals surface area contributed by atoms with Crippen molar-refractivity contribution in [2.24, 2.45) is 5.10 Å². The van der Waals surface area contributed by atoms with Crippen LogP contribution in [0.3, 0.4) is 0 Å². The molecule has 5 aromatic rings. The van der Waals surface area contributed by atoms with Crippen LogP contribution in [-0.2, 0) is 0 Å². The molecule has 2 aromatic heterocycles. The molecular formula is C28H24N6O. The number of hydrogen-bond acceptors (Lipinski definition) is 4. The van der Waals surface area contributed by atoms with E-state index >= 15 is 0 Å². The molecule has 0 aliphatic rings. The second kappa shape index (κ2) is 9.61. The lowest BCUT2D eigenvalue weighted by Gasteiger charge is -2.03. The molecule has 0 aliphatic carbocycles. The standard InChI is InChI=1S/C28H24N6O/c1-19-25(20(2)34(33-19)24-11-7-4-8-12-24)18-29-32-28(35)27-17-26(30-31-27)23-15-13-22(14-16-23)21-9-5-3-6-10-21/h3-18H,1-2H3,(H,30,31)(H,32,35). The molecule has 172 valence electrons. The molecule has 3 aromatic carbocycles. The molecule has 0 fully saturated rings. The van der Waals surface area contributed by atoms with E-state index in [4.69, 9.17) is 0 Å². The Kier molecular flexibility index (Phi) is 6.05. The van der Waals surface area contributed by atoms with Crippen molar-refractivity contribution >= 4 is 12.1 Å². The van der Waals surface area contributed by atoms with Crippen LogP contribution in [0.4, 0.5) is 0 Å². The number of carbonyl (C=O) groups is 1. The predicted molar refractivity (Wildman–Crippen MR) is 138 cm³/mol. The highest BCUT2D eigenvalue weighted by Crippen LogP contribution is 2.24. The number of benzene rings is 3. The van der Waals surface area contributed by atoms with E-state index in [1.54, 1.807) is 12.3 Å². The molecule has 35 heavy (non-hydrogen) atoms. The summed E-state index contributed by atoms with van der Waals surface area (Å²) in [6.07, 6.45) is 1.62. The second-order valence-electron chi connectivity index (χ2n) is 8.14. The van der Waals surface area contributed by atoms with E-state index < -0.39 is 0 Å². The number of hydrogen-bond donors (Lipinski definition) is 2. The molecule has 2 N–H and O–H groups in total. The van der Waals surface area contributed by atoms with E-state index in [1.165, 1.54) is 0 Å². The third-order valence-corrected chi connectivity index (χ3v) is 5.82. The topological polar surface area (TPSA) is 88.0 Å².